The Kier molecular flexibility index (Phi) is 5.58. The van der Waals surface area contributed by atoms with Crippen LogP contribution in [-0.4, -0.2) is 44.0 Å². The first-order valence-electron chi connectivity index (χ1n) is 9.25. The third kappa shape index (κ3) is 4.08. The number of aromatic nitrogens is 3. The summed E-state index contributed by atoms with van der Waals surface area (Å²) >= 11 is 5.95. The minimum Gasteiger partial charge on any atom is -0.455 e. The van der Waals surface area contributed by atoms with Crippen LogP contribution in [-0.2, 0) is 16.1 Å². The highest BCUT2D eigenvalue weighted by molar-refractivity contribution is 6.30. The zero-order chi connectivity index (χ0) is 21.1. The molecule has 2 amide bonds. The van der Waals surface area contributed by atoms with Crippen LogP contribution in [0.1, 0.15) is 38.8 Å². The van der Waals surface area contributed by atoms with Crippen LogP contribution in [0, 0.1) is 0 Å². The second-order valence-corrected chi connectivity index (χ2v) is 7.14. The van der Waals surface area contributed by atoms with Crippen LogP contribution in [0.5, 0.6) is 0 Å². The van der Waals surface area contributed by atoms with E-state index in [1.807, 2.05) is 0 Å². The van der Waals surface area contributed by atoms with Crippen molar-refractivity contribution < 1.29 is 19.1 Å². The van der Waals surface area contributed by atoms with Crippen molar-refractivity contribution in [2.75, 3.05) is 6.54 Å². The van der Waals surface area contributed by atoms with Gasteiger partial charge < -0.3 is 4.74 Å². The fraction of sp³-hybridized carbons (Fsp3) is 0.190. The Hall–Kier alpha value is -3.52. The molecule has 152 valence electrons. The molecule has 1 aliphatic heterocycles. The number of ether oxygens (including phenoxy) is 1. The first kappa shape index (κ1) is 19.8. The Balaban J connectivity index is 1.42. The lowest BCUT2D eigenvalue weighted by Gasteiger charge is -2.19. The van der Waals surface area contributed by atoms with Crippen LogP contribution < -0.4 is 0 Å². The molecule has 3 aromatic rings. The number of halogens is 1. The van der Waals surface area contributed by atoms with Crippen molar-refractivity contribution in [1.82, 2.24) is 19.7 Å². The highest BCUT2D eigenvalue weighted by Gasteiger charge is 2.35. The summed E-state index contributed by atoms with van der Waals surface area (Å²) in [5, 5.41) is 4.61. The SMILES string of the molecule is O=C(CCN1C(=O)c2ccccc2C1=O)O[C@@H](Cn1cncn1)c1ccc(Cl)cc1. The number of benzene rings is 2. The average Bonchev–Trinajstić information content (AvgIpc) is 3.34. The summed E-state index contributed by atoms with van der Waals surface area (Å²) in [5.41, 5.74) is 1.44. The highest BCUT2D eigenvalue weighted by atomic mass is 35.5. The van der Waals surface area contributed by atoms with E-state index in [9.17, 15) is 14.4 Å². The van der Waals surface area contributed by atoms with Crippen molar-refractivity contribution in [3.05, 3.63) is 82.9 Å². The molecular formula is C21H17ClN4O4. The van der Waals surface area contributed by atoms with Gasteiger partial charge in [-0.25, -0.2) is 9.67 Å². The van der Waals surface area contributed by atoms with Crippen molar-refractivity contribution >= 4 is 29.4 Å². The number of hydrogen-bond acceptors (Lipinski definition) is 6. The Labute approximate surface area is 177 Å². The van der Waals surface area contributed by atoms with E-state index in [1.54, 1.807) is 53.2 Å². The molecule has 1 aliphatic rings. The fourth-order valence-corrected chi connectivity index (χ4v) is 3.37. The van der Waals surface area contributed by atoms with Crippen molar-refractivity contribution in [3.63, 3.8) is 0 Å². The van der Waals surface area contributed by atoms with Crippen molar-refractivity contribution in [2.45, 2.75) is 19.1 Å². The maximum absolute atomic E-state index is 12.5. The first-order valence-corrected chi connectivity index (χ1v) is 9.63. The van der Waals surface area contributed by atoms with Crippen molar-refractivity contribution in [2.24, 2.45) is 0 Å². The molecule has 1 aromatic heterocycles. The van der Waals surface area contributed by atoms with E-state index in [0.29, 0.717) is 16.1 Å². The van der Waals surface area contributed by atoms with E-state index >= 15 is 0 Å². The topological polar surface area (TPSA) is 94.4 Å². The number of esters is 1. The van der Waals surface area contributed by atoms with Gasteiger partial charge in [0.15, 0.2) is 0 Å². The molecule has 2 heterocycles. The third-order valence-corrected chi connectivity index (χ3v) is 5.00. The minimum absolute atomic E-state index is 0.0537. The van der Waals surface area contributed by atoms with Crippen molar-refractivity contribution in [3.8, 4) is 0 Å². The molecule has 0 aliphatic carbocycles. The van der Waals surface area contributed by atoms with E-state index in [2.05, 4.69) is 10.1 Å². The number of nitrogens with zero attached hydrogens (tertiary/aromatic N) is 4. The van der Waals surface area contributed by atoms with E-state index < -0.39 is 23.9 Å². The molecular weight excluding hydrogens is 408 g/mol. The largest absolute Gasteiger partial charge is 0.455 e. The Morgan fingerprint density at radius 2 is 1.70 bits per heavy atom. The van der Waals surface area contributed by atoms with Gasteiger partial charge in [0.1, 0.15) is 18.8 Å². The molecule has 0 saturated carbocycles. The lowest BCUT2D eigenvalue weighted by Crippen LogP contribution is -2.32. The quantitative estimate of drug-likeness (QED) is 0.427. The molecule has 0 unspecified atom stereocenters. The molecule has 8 nitrogen and oxygen atoms in total. The molecule has 30 heavy (non-hydrogen) atoms. The summed E-state index contributed by atoms with van der Waals surface area (Å²) in [5.74, 6) is -1.34. The number of amides is 2. The second-order valence-electron chi connectivity index (χ2n) is 6.71. The van der Waals surface area contributed by atoms with Gasteiger partial charge in [-0.05, 0) is 29.8 Å². The van der Waals surface area contributed by atoms with E-state index in [0.717, 1.165) is 10.5 Å². The van der Waals surface area contributed by atoms with E-state index in [-0.39, 0.29) is 19.5 Å². The van der Waals surface area contributed by atoms with Gasteiger partial charge in [0, 0.05) is 11.6 Å². The van der Waals surface area contributed by atoms with Crippen LogP contribution >= 0.6 is 11.6 Å². The molecule has 0 spiro atoms. The summed E-state index contributed by atoms with van der Waals surface area (Å²) < 4.78 is 7.19. The van der Waals surface area contributed by atoms with Gasteiger partial charge in [0.05, 0.1) is 24.1 Å². The van der Waals surface area contributed by atoms with E-state index in [4.69, 9.17) is 16.3 Å². The van der Waals surface area contributed by atoms with Gasteiger partial charge in [0.25, 0.3) is 11.8 Å². The van der Waals surface area contributed by atoms with Crippen LogP contribution in [0.2, 0.25) is 5.02 Å². The van der Waals surface area contributed by atoms with Gasteiger partial charge in [-0.15, -0.1) is 0 Å². The monoisotopic (exact) mass is 424 g/mol. The standard InChI is InChI=1S/C21H17ClN4O4/c22-15-7-5-14(6-8-15)18(11-25-13-23-12-24-25)30-19(27)9-10-26-20(28)16-3-1-2-4-17(16)21(26)29/h1-8,12-13,18H,9-11H2/t18-/m0/s1. The second kappa shape index (κ2) is 8.46. The van der Waals surface area contributed by atoms with Crippen LogP contribution in [0.25, 0.3) is 0 Å². The lowest BCUT2D eigenvalue weighted by molar-refractivity contribution is -0.150. The number of carbonyl (C=O) groups is 3. The maximum atomic E-state index is 12.5. The minimum atomic E-state index is -0.626. The zero-order valence-corrected chi connectivity index (χ0v) is 16.5. The molecule has 9 heteroatoms. The number of rotatable bonds is 7. The highest BCUT2D eigenvalue weighted by Crippen LogP contribution is 2.24. The van der Waals surface area contributed by atoms with Gasteiger partial charge in [-0.1, -0.05) is 35.9 Å². The Morgan fingerprint density at radius 1 is 1.03 bits per heavy atom. The number of carbonyl (C=O) groups excluding carboxylic acids is 3. The summed E-state index contributed by atoms with van der Waals surface area (Å²) in [6.07, 6.45) is 2.17. The number of hydrogen-bond donors (Lipinski definition) is 0. The van der Waals surface area contributed by atoms with Gasteiger partial charge in [0.2, 0.25) is 0 Å². The molecule has 0 bridgehead atoms. The zero-order valence-electron chi connectivity index (χ0n) is 15.8. The average molecular weight is 425 g/mol. The molecule has 0 saturated heterocycles. The number of fused-ring (bicyclic) bond motifs is 1. The predicted molar refractivity (Wildman–Crippen MR) is 107 cm³/mol. The van der Waals surface area contributed by atoms with Crippen molar-refractivity contribution in [1.29, 1.82) is 0 Å². The van der Waals surface area contributed by atoms with Gasteiger partial charge in [-0.3, -0.25) is 19.3 Å². The fourth-order valence-electron chi connectivity index (χ4n) is 3.25. The molecule has 0 fully saturated rings. The summed E-state index contributed by atoms with van der Waals surface area (Å²) in [6, 6.07) is 13.5. The summed E-state index contributed by atoms with van der Waals surface area (Å²) in [7, 11) is 0. The molecule has 4 rings (SSSR count). The van der Waals surface area contributed by atoms with Gasteiger partial charge >= 0.3 is 5.97 Å². The van der Waals surface area contributed by atoms with E-state index in [1.165, 1.54) is 12.7 Å². The third-order valence-electron chi connectivity index (χ3n) is 4.75. The molecule has 0 radical (unpaired) electrons. The number of imide groups is 1. The van der Waals surface area contributed by atoms with Crippen LogP contribution in [0.4, 0.5) is 0 Å². The summed E-state index contributed by atoms with van der Waals surface area (Å²) in [6.45, 7) is 0.211. The maximum Gasteiger partial charge on any atom is 0.308 e. The Bertz CT molecular complexity index is 1050. The normalized spacial score (nSPS) is 14.0. The smallest absolute Gasteiger partial charge is 0.308 e. The molecule has 0 N–H and O–H groups in total. The van der Waals surface area contributed by atoms with Crippen LogP contribution in [0.15, 0.2) is 61.2 Å². The Morgan fingerprint density at radius 3 is 2.30 bits per heavy atom. The van der Waals surface area contributed by atoms with Crippen LogP contribution in [0.3, 0.4) is 0 Å². The first-order chi connectivity index (χ1) is 14.5. The molecule has 2 aromatic carbocycles. The van der Waals surface area contributed by atoms with Gasteiger partial charge in [-0.2, -0.15) is 5.10 Å². The lowest BCUT2D eigenvalue weighted by atomic mass is 10.1. The molecule has 1 atom stereocenters. The summed E-state index contributed by atoms with van der Waals surface area (Å²) in [4.78, 5) is 42.3. The predicted octanol–water partition coefficient (Wildman–Crippen LogP) is 2.90.